The van der Waals surface area contributed by atoms with Gasteiger partial charge in [0.15, 0.2) is 5.82 Å². The maximum atomic E-state index is 12.4. The van der Waals surface area contributed by atoms with Gasteiger partial charge in [0.2, 0.25) is 0 Å². The minimum atomic E-state index is -0.725. The first kappa shape index (κ1) is 7.46. The van der Waals surface area contributed by atoms with E-state index in [1.165, 1.54) is 0 Å². The molecule has 1 aromatic rings. The molecule has 0 aliphatic heterocycles. The fraction of sp³-hybridized carbons (Fsp3) is 0. The van der Waals surface area contributed by atoms with Crippen LogP contribution < -0.4 is 11.5 Å². The molecule has 0 unspecified atom stereocenters. The van der Waals surface area contributed by atoms with Crippen molar-refractivity contribution in [2.24, 2.45) is 5.73 Å². The van der Waals surface area contributed by atoms with Crippen LogP contribution in [0.25, 0.3) is 0 Å². The van der Waals surface area contributed by atoms with Crippen molar-refractivity contribution < 1.29 is 9.18 Å². The van der Waals surface area contributed by atoms with Crippen LogP contribution in [0.3, 0.4) is 0 Å². The third kappa shape index (κ3) is 1.43. The molecule has 0 saturated carbocycles. The van der Waals surface area contributed by atoms with Crippen molar-refractivity contribution in [2.45, 2.75) is 0 Å². The van der Waals surface area contributed by atoms with Gasteiger partial charge < -0.3 is 11.5 Å². The fourth-order valence-corrected chi connectivity index (χ4v) is 0.589. The molecule has 58 valence electrons. The van der Waals surface area contributed by atoms with Crippen molar-refractivity contribution in [3.63, 3.8) is 0 Å². The first-order valence-corrected chi connectivity index (χ1v) is 2.82. The molecule has 0 aromatic carbocycles. The summed E-state index contributed by atoms with van der Waals surface area (Å²) < 4.78 is 12.4. The van der Waals surface area contributed by atoms with Gasteiger partial charge in [-0.2, -0.15) is 0 Å². The van der Waals surface area contributed by atoms with Crippen molar-refractivity contribution in [1.29, 1.82) is 0 Å². The number of carbonyl (C=O) groups excluding carboxylic acids is 1. The summed E-state index contributed by atoms with van der Waals surface area (Å²) in [5, 5.41) is 0. The Morgan fingerprint density at radius 3 is 2.73 bits per heavy atom. The van der Waals surface area contributed by atoms with Crippen molar-refractivity contribution in [1.82, 2.24) is 4.98 Å². The molecule has 1 aromatic heterocycles. The average molecular weight is 155 g/mol. The predicted octanol–water partition coefficient (Wildman–Crippen LogP) is -0.0982. The number of aromatic nitrogens is 1. The maximum absolute atomic E-state index is 12.4. The van der Waals surface area contributed by atoms with Crippen LogP contribution in [0.2, 0.25) is 0 Å². The van der Waals surface area contributed by atoms with Gasteiger partial charge in [0, 0.05) is 0 Å². The SMILES string of the molecule is NC(=O)c1cc(N)c(F)cn1. The van der Waals surface area contributed by atoms with E-state index in [2.05, 4.69) is 4.98 Å². The topological polar surface area (TPSA) is 82.0 Å². The summed E-state index contributed by atoms with van der Waals surface area (Å²) in [5.41, 5.74) is 9.82. The quantitative estimate of drug-likeness (QED) is 0.594. The number of nitrogens with two attached hydrogens (primary N) is 2. The fourth-order valence-electron chi connectivity index (χ4n) is 0.589. The van der Waals surface area contributed by atoms with Crippen molar-refractivity contribution in [3.05, 3.63) is 23.8 Å². The Kier molecular flexibility index (Phi) is 1.72. The van der Waals surface area contributed by atoms with E-state index in [9.17, 15) is 9.18 Å². The summed E-state index contributed by atoms with van der Waals surface area (Å²) in [6.07, 6.45) is 0.857. The molecule has 4 nitrogen and oxygen atoms in total. The van der Waals surface area contributed by atoms with Crippen LogP contribution in [0.5, 0.6) is 0 Å². The smallest absolute Gasteiger partial charge is 0.267 e. The molecule has 0 fully saturated rings. The van der Waals surface area contributed by atoms with Gasteiger partial charge in [-0.15, -0.1) is 0 Å². The summed E-state index contributed by atoms with van der Waals surface area (Å²) in [6, 6.07) is 1.09. The molecule has 0 bridgehead atoms. The van der Waals surface area contributed by atoms with Crippen molar-refractivity contribution in [3.8, 4) is 0 Å². The molecular weight excluding hydrogens is 149 g/mol. The van der Waals surface area contributed by atoms with E-state index in [-0.39, 0.29) is 11.4 Å². The predicted molar refractivity (Wildman–Crippen MR) is 37.1 cm³/mol. The number of carbonyl (C=O) groups is 1. The zero-order valence-electron chi connectivity index (χ0n) is 5.54. The first-order valence-electron chi connectivity index (χ1n) is 2.82. The van der Waals surface area contributed by atoms with E-state index in [0.29, 0.717) is 0 Å². The molecule has 1 heterocycles. The van der Waals surface area contributed by atoms with E-state index >= 15 is 0 Å². The number of pyridine rings is 1. The lowest BCUT2D eigenvalue weighted by atomic mass is 10.3. The first-order chi connectivity index (χ1) is 5.11. The van der Waals surface area contributed by atoms with Crippen molar-refractivity contribution >= 4 is 11.6 Å². The Morgan fingerprint density at radius 1 is 1.64 bits per heavy atom. The summed E-state index contributed by atoms with van der Waals surface area (Å²) in [7, 11) is 0. The number of nitrogen functional groups attached to an aromatic ring is 1. The van der Waals surface area contributed by atoms with Gasteiger partial charge in [-0.1, -0.05) is 0 Å². The normalized spacial score (nSPS) is 9.55. The molecule has 0 atom stereocenters. The van der Waals surface area contributed by atoms with Gasteiger partial charge in [-0.3, -0.25) is 4.79 Å². The minimum absolute atomic E-state index is 0.0381. The second kappa shape index (κ2) is 2.53. The highest BCUT2D eigenvalue weighted by Crippen LogP contribution is 2.08. The largest absolute Gasteiger partial charge is 0.396 e. The maximum Gasteiger partial charge on any atom is 0.267 e. The average Bonchev–Trinajstić information content (AvgIpc) is 1.94. The highest BCUT2D eigenvalue weighted by Gasteiger charge is 2.04. The molecule has 0 saturated heterocycles. The monoisotopic (exact) mass is 155 g/mol. The zero-order valence-corrected chi connectivity index (χ0v) is 5.54. The second-order valence-corrected chi connectivity index (χ2v) is 1.96. The van der Waals surface area contributed by atoms with Crippen molar-refractivity contribution in [2.75, 3.05) is 5.73 Å². The molecule has 0 aliphatic rings. The molecular formula is C6H6FN3O. The minimum Gasteiger partial charge on any atom is -0.396 e. The van der Waals surface area contributed by atoms with E-state index in [4.69, 9.17) is 11.5 Å². The Balaban J connectivity index is 3.15. The van der Waals surface area contributed by atoms with Gasteiger partial charge >= 0.3 is 0 Å². The van der Waals surface area contributed by atoms with Crippen LogP contribution in [0.1, 0.15) is 10.5 Å². The molecule has 0 spiro atoms. The molecule has 4 N–H and O–H groups in total. The number of primary amides is 1. The summed E-state index contributed by atoms with van der Waals surface area (Å²) in [5.74, 6) is -1.38. The summed E-state index contributed by atoms with van der Waals surface area (Å²) >= 11 is 0. The number of rotatable bonds is 1. The molecule has 1 amide bonds. The second-order valence-electron chi connectivity index (χ2n) is 1.96. The van der Waals surface area contributed by atoms with Gasteiger partial charge in [-0.05, 0) is 6.07 Å². The third-order valence-electron chi connectivity index (χ3n) is 1.14. The Labute approximate surface area is 62.0 Å². The third-order valence-corrected chi connectivity index (χ3v) is 1.14. The Morgan fingerprint density at radius 2 is 2.27 bits per heavy atom. The number of nitrogens with zero attached hydrogens (tertiary/aromatic N) is 1. The molecule has 5 heteroatoms. The van der Waals surface area contributed by atoms with E-state index in [1.54, 1.807) is 0 Å². The molecule has 0 radical (unpaired) electrons. The zero-order chi connectivity index (χ0) is 8.43. The lowest BCUT2D eigenvalue weighted by molar-refractivity contribution is 0.0995. The molecule has 11 heavy (non-hydrogen) atoms. The Bertz CT molecular complexity index is 300. The van der Waals surface area contributed by atoms with E-state index in [1.807, 2.05) is 0 Å². The lowest BCUT2D eigenvalue weighted by Crippen LogP contribution is -2.13. The van der Waals surface area contributed by atoms with Crippen LogP contribution in [-0.4, -0.2) is 10.9 Å². The number of amides is 1. The summed E-state index contributed by atoms with van der Waals surface area (Å²) in [4.78, 5) is 13.9. The van der Waals surface area contributed by atoms with Crippen LogP contribution >= 0.6 is 0 Å². The number of hydrogen-bond acceptors (Lipinski definition) is 3. The van der Waals surface area contributed by atoms with Gasteiger partial charge in [0.25, 0.3) is 5.91 Å². The molecule has 0 aliphatic carbocycles. The van der Waals surface area contributed by atoms with E-state index < -0.39 is 11.7 Å². The standard InChI is InChI=1S/C6H6FN3O/c7-3-2-10-5(6(9)11)1-4(3)8/h1-2H,(H2,8,10)(H2,9,11). The summed E-state index contributed by atoms with van der Waals surface area (Å²) in [6.45, 7) is 0. The highest BCUT2D eigenvalue weighted by molar-refractivity contribution is 5.91. The van der Waals surface area contributed by atoms with Crippen LogP contribution in [0, 0.1) is 5.82 Å². The lowest BCUT2D eigenvalue weighted by Gasteiger charge is -1.96. The van der Waals surface area contributed by atoms with Gasteiger partial charge in [-0.25, -0.2) is 9.37 Å². The highest BCUT2D eigenvalue weighted by atomic mass is 19.1. The van der Waals surface area contributed by atoms with Crippen LogP contribution in [0.4, 0.5) is 10.1 Å². The van der Waals surface area contributed by atoms with E-state index in [0.717, 1.165) is 12.3 Å². The number of hydrogen-bond donors (Lipinski definition) is 2. The molecule has 1 rings (SSSR count). The van der Waals surface area contributed by atoms with Crippen LogP contribution in [-0.2, 0) is 0 Å². The van der Waals surface area contributed by atoms with Gasteiger partial charge in [0.1, 0.15) is 5.69 Å². The Hall–Kier alpha value is -1.65. The van der Waals surface area contributed by atoms with Crippen LogP contribution in [0.15, 0.2) is 12.3 Å². The number of halogens is 1. The van der Waals surface area contributed by atoms with Gasteiger partial charge in [0.05, 0.1) is 11.9 Å². The number of anilines is 1.